The number of hydrogen-bond donors (Lipinski definition) is 2. The van der Waals surface area contributed by atoms with Gasteiger partial charge in [0.1, 0.15) is 0 Å². The first-order chi connectivity index (χ1) is 6.52. The average Bonchev–Trinajstić information content (AvgIpc) is 2.11. The molecule has 0 radical (unpaired) electrons. The molecule has 4 nitrogen and oxygen atoms in total. The van der Waals surface area contributed by atoms with Gasteiger partial charge >= 0.3 is 8.56 Å². The van der Waals surface area contributed by atoms with Gasteiger partial charge in [-0.3, -0.25) is 0 Å². The van der Waals surface area contributed by atoms with Crippen molar-refractivity contribution in [2.75, 3.05) is 6.54 Å². The van der Waals surface area contributed by atoms with E-state index in [0.717, 1.165) is 12.5 Å². The average molecular weight is 232 g/mol. The summed E-state index contributed by atoms with van der Waals surface area (Å²) in [5, 5.41) is 8.41. The van der Waals surface area contributed by atoms with Gasteiger partial charge in [-0.15, -0.1) is 0 Å². The Morgan fingerprint density at radius 3 is 2.79 bits per heavy atom. The highest BCUT2D eigenvalue weighted by atomic mass is 28.4. The molecule has 3 N–H and O–H groups in total. The highest BCUT2D eigenvalue weighted by Gasteiger charge is 2.28. The van der Waals surface area contributed by atoms with E-state index < -0.39 is 17.6 Å². The Hall–Kier alpha value is -0.196. The maximum atomic E-state index is 9.88. The number of hydrogen-bond acceptors (Lipinski definition) is 4. The molecule has 0 amide bonds. The van der Waals surface area contributed by atoms with E-state index in [4.69, 9.17) is 15.1 Å². The number of rotatable bonds is 7. The van der Waals surface area contributed by atoms with Gasteiger partial charge in [-0.2, -0.15) is 5.26 Å². The molecule has 0 aromatic heterocycles. The van der Waals surface area contributed by atoms with Crippen molar-refractivity contribution >= 4 is 17.6 Å². The van der Waals surface area contributed by atoms with Gasteiger partial charge in [0.15, 0.2) is 9.04 Å². The van der Waals surface area contributed by atoms with Crippen molar-refractivity contribution in [3.63, 3.8) is 0 Å². The van der Waals surface area contributed by atoms with Gasteiger partial charge in [0, 0.05) is 12.5 Å². The molecule has 0 aliphatic rings. The first-order valence-electron chi connectivity index (χ1n) is 4.99. The zero-order valence-electron chi connectivity index (χ0n) is 8.99. The van der Waals surface area contributed by atoms with Gasteiger partial charge < -0.3 is 14.6 Å². The van der Waals surface area contributed by atoms with Gasteiger partial charge in [-0.25, -0.2) is 0 Å². The highest BCUT2D eigenvalue weighted by Crippen LogP contribution is 2.13. The molecule has 6 heteroatoms. The van der Waals surface area contributed by atoms with E-state index in [0.29, 0.717) is 19.0 Å². The van der Waals surface area contributed by atoms with Crippen LogP contribution in [0.25, 0.3) is 0 Å². The fourth-order valence-electron chi connectivity index (χ4n) is 1.24. The molecule has 0 saturated carbocycles. The fraction of sp³-hybridized carbons (Fsp3) is 0.875. The predicted octanol–water partition coefficient (Wildman–Crippen LogP) is 0.683. The minimum absolute atomic E-state index is 0.386. The molecule has 2 unspecified atom stereocenters. The van der Waals surface area contributed by atoms with Crippen LogP contribution in [0, 0.1) is 11.3 Å². The predicted molar refractivity (Wildman–Crippen MR) is 61.5 cm³/mol. The third-order valence-corrected chi connectivity index (χ3v) is 8.01. The van der Waals surface area contributed by atoms with Crippen molar-refractivity contribution in [1.82, 2.24) is 0 Å². The van der Waals surface area contributed by atoms with Gasteiger partial charge in [-0.1, -0.05) is 0 Å². The minimum Gasteiger partial charge on any atom is -0.439 e. The second kappa shape index (κ2) is 7.14. The van der Waals surface area contributed by atoms with Crippen LogP contribution in [0.5, 0.6) is 0 Å². The summed E-state index contributed by atoms with van der Waals surface area (Å²) in [5.74, 6) is 0. The molecular weight excluding hydrogens is 212 g/mol. The van der Waals surface area contributed by atoms with Crippen LogP contribution in [0.15, 0.2) is 0 Å². The SMILES string of the molecule is C[SiH](CCCN)O[Si](C)(O)CCC#N. The molecular formula is C8H20N2O2Si2. The van der Waals surface area contributed by atoms with E-state index in [1.807, 2.05) is 6.07 Å². The molecule has 0 spiro atoms. The zero-order chi connectivity index (χ0) is 11.0. The number of nitrogens with two attached hydrogens (primary N) is 1. The molecule has 0 aromatic rings. The van der Waals surface area contributed by atoms with E-state index >= 15 is 0 Å². The molecule has 2 atom stereocenters. The topological polar surface area (TPSA) is 79.3 Å². The van der Waals surface area contributed by atoms with Crippen molar-refractivity contribution in [2.24, 2.45) is 5.73 Å². The lowest BCUT2D eigenvalue weighted by molar-refractivity contribution is 0.383. The third-order valence-electron chi connectivity index (χ3n) is 1.97. The standard InChI is InChI=1S/C8H20N2O2Si2/c1-13(7-3-5-9)12-14(2,11)8-4-6-10/h11,13H,3-5,7-9H2,1-2H3. The fourth-order valence-corrected chi connectivity index (χ4v) is 7.04. The largest absolute Gasteiger partial charge is 0.439 e. The van der Waals surface area contributed by atoms with Crippen molar-refractivity contribution in [3.05, 3.63) is 0 Å². The Labute approximate surface area is 88.7 Å². The van der Waals surface area contributed by atoms with E-state index in [1.165, 1.54) is 0 Å². The summed E-state index contributed by atoms with van der Waals surface area (Å²) in [5.41, 5.74) is 5.39. The Bertz CT molecular complexity index is 194. The lowest BCUT2D eigenvalue weighted by Crippen LogP contribution is -2.39. The van der Waals surface area contributed by atoms with E-state index in [2.05, 4.69) is 6.55 Å². The second-order valence-corrected chi connectivity index (χ2v) is 9.68. The van der Waals surface area contributed by atoms with Gasteiger partial charge in [0.05, 0.1) is 6.07 Å². The van der Waals surface area contributed by atoms with Crippen molar-refractivity contribution < 1.29 is 8.91 Å². The van der Waals surface area contributed by atoms with Crippen LogP contribution in [-0.4, -0.2) is 28.9 Å². The van der Waals surface area contributed by atoms with Crippen molar-refractivity contribution in [2.45, 2.75) is 38.0 Å². The quantitative estimate of drug-likeness (QED) is 0.633. The second-order valence-electron chi connectivity index (χ2n) is 3.69. The molecule has 0 aliphatic carbocycles. The summed E-state index contributed by atoms with van der Waals surface area (Å²) in [6, 6.07) is 3.55. The Kier molecular flexibility index (Phi) is 7.04. The van der Waals surface area contributed by atoms with E-state index in [1.54, 1.807) is 6.55 Å². The monoisotopic (exact) mass is 232 g/mol. The lowest BCUT2D eigenvalue weighted by atomic mass is 10.5. The molecule has 0 heterocycles. The summed E-state index contributed by atoms with van der Waals surface area (Å²) in [6.07, 6.45) is 1.35. The van der Waals surface area contributed by atoms with Crippen LogP contribution in [0.3, 0.4) is 0 Å². The third kappa shape index (κ3) is 7.23. The van der Waals surface area contributed by atoms with Crippen LogP contribution in [0.4, 0.5) is 0 Å². The maximum Gasteiger partial charge on any atom is 0.322 e. The molecule has 0 aliphatic heterocycles. The van der Waals surface area contributed by atoms with Gasteiger partial charge in [-0.05, 0) is 32.1 Å². The van der Waals surface area contributed by atoms with Gasteiger partial charge in [0.25, 0.3) is 0 Å². The molecule has 14 heavy (non-hydrogen) atoms. The maximum absolute atomic E-state index is 9.88. The summed E-state index contributed by atoms with van der Waals surface area (Å²) in [4.78, 5) is 9.88. The summed E-state index contributed by atoms with van der Waals surface area (Å²) < 4.78 is 5.67. The molecule has 0 saturated heterocycles. The van der Waals surface area contributed by atoms with E-state index in [9.17, 15) is 4.80 Å². The first kappa shape index (κ1) is 13.8. The first-order valence-corrected chi connectivity index (χ1v) is 9.99. The normalized spacial score (nSPS) is 17.1. The Morgan fingerprint density at radius 1 is 1.64 bits per heavy atom. The van der Waals surface area contributed by atoms with Crippen LogP contribution in [-0.2, 0) is 4.12 Å². The van der Waals surface area contributed by atoms with E-state index in [-0.39, 0.29) is 0 Å². The molecule has 0 rings (SSSR count). The summed E-state index contributed by atoms with van der Waals surface area (Å²) >= 11 is 0. The molecule has 82 valence electrons. The Balaban J connectivity index is 3.77. The summed E-state index contributed by atoms with van der Waals surface area (Å²) in [7, 11) is -3.80. The van der Waals surface area contributed by atoms with Crippen molar-refractivity contribution in [3.8, 4) is 6.07 Å². The summed E-state index contributed by atoms with van der Waals surface area (Å²) in [6.45, 7) is 4.52. The zero-order valence-corrected chi connectivity index (χ0v) is 11.1. The molecule has 0 aromatic carbocycles. The number of nitriles is 1. The lowest BCUT2D eigenvalue weighted by Gasteiger charge is -2.24. The minimum atomic E-state index is -2.54. The highest BCUT2D eigenvalue weighted by molar-refractivity contribution is 6.73. The smallest absolute Gasteiger partial charge is 0.322 e. The van der Waals surface area contributed by atoms with Crippen LogP contribution >= 0.6 is 0 Å². The van der Waals surface area contributed by atoms with Gasteiger partial charge in [0.2, 0.25) is 0 Å². The molecule has 0 bridgehead atoms. The molecule has 0 fully saturated rings. The number of nitrogens with zero attached hydrogens (tertiary/aromatic N) is 1. The van der Waals surface area contributed by atoms with Crippen molar-refractivity contribution in [1.29, 1.82) is 5.26 Å². The van der Waals surface area contributed by atoms with Crippen LogP contribution in [0.1, 0.15) is 12.8 Å². The van der Waals surface area contributed by atoms with Crippen LogP contribution in [0.2, 0.25) is 25.2 Å². The Morgan fingerprint density at radius 2 is 2.29 bits per heavy atom. The van der Waals surface area contributed by atoms with Crippen LogP contribution < -0.4 is 5.73 Å².